The van der Waals surface area contributed by atoms with Gasteiger partial charge in [-0.15, -0.1) is 0 Å². The van der Waals surface area contributed by atoms with Crippen molar-refractivity contribution in [2.45, 2.75) is 32.6 Å². The van der Waals surface area contributed by atoms with E-state index in [0.717, 1.165) is 63.1 Å². The van der Waals surface area contributed by atoms with Gasteiger partial charge in [-0.2, -0.15) is 0 Å². The van der Waals surface area contributed by atoms with Crippen molar-refractivity contribution in [2.75, 3.05) is 12.3 Å². The Balaban J connectivity index is 1.42. The number of hydrogen-bond donors (Lipinski definition) is 1. The maximum atomic E-state index is 5.91. The SMILES string of the molecule is C=Cc1cc(C#Cc2ccc(N)cc2)ccc1C#CC#Cc1ccc2cc(OCCCCCC)ccc2c1. The van der Waals surface area contributed by atoms with Crippen molar-refractivity contribution in [1.29, 1.82) is 0 Å². The molecule has 0 amide bonds. The molecule has 4 rings (SSSR count). The molecule has 0 saturated carbocycles. The van der Waals surface area contributed by atoms with Crippen LogP contribution in [0, 0.1) is 35.5 Å². The molecular formula is C36H31NO. The van der Waals surface area contributed by atoms with E-state index in [1.807, 2.05) is 54.6 Å². The van der Waals surface area contributed by atoms with Gasteiger partial charge in [0.1, 0.15) is 5.75 Å². The second-order valence-electron chi connectivity index (χ2n) is 9.01. The fourth-order valence-corrected chi connectivity index (χ4v) is 3.95. The molecule has 2 heteroatoms. The predicted molar refractivity (Wildman–Crippen MR) is 161 cm³/mol. The van der Waals surface area contributed by atoms with E-state index in [0.29, 0.717) is 0 Å². The van der Waals surface area contributed by atoms with Gasteiger partial charge in [0.15, 0.2) is 0 Å². The number of fused-ring (bicyclic) bond motifs is 1. The molecule has 0 radical (unpaired) electrons. The van der Waals surface area contributed by atoms with Crippen LogP contribution < -0.4 is 10.5 Å². The van der Waals surface area contributed by atoms with Crippen LogP contribution in [0.3, 0.4) is 0 Å². The molecular weight excluding hydrogens is 462 g/mol. The second kappa shape index (κ2) is 13.5. The Morgan fingerprint density at radius 1 is 0.711 bits per heavy atom. The van der Waals surface area contributed by atoms with Gasteiger partial charge in [-0.1, -0.05) is 74.7 Å². The first kappa shape index (κ1) is 26.2. The number of rotatable bonds is 7. The number of hydrogen-bond acceptors (Lipinski definition) is 2. The molecule has 186 valence electrons. The highest BCUT2D eigenvalue weighted by atomic mass is 16.5. The van der Waals surface area contributed by atoms with Crippen LogP contribution in [0.25, 0.3) is 16.8 Å². The molecule has 0 aromatic heterocycles. The highest BCUT2D eigenvalue weighted by molar-refractivity contribution is 5.85. The molecule has 0 saturated heterocycles. The minimum Gasteiger partial charge on any atom is -0.494 e. The molecule has 0 aliphatic rings. The molecule has 0 bridgehead atoms. The lowest BCUT2D eigenvalue weighted by Gasteiger charge is -2.07. The minimum absolute atomic E-state index is 0.726. The van der Waals surface area contributed by atoms with Gasteiger partial charge in [0.2, 0.25) is 0 Å². The molecule has 0 unspecified atom stereocenters. The number of anilines is 1. The first-order valence-corrected chi connectivity index (χ1v) is 13.0. The van der Waals surface area contributed by atoms with Crippen LogP contribution in [0.5, 0.6) is 5.75 Å². The van der Waals surface area contributed by atoms with E-state index in [1.54, 1.807) is 6.08 Å². The largest absolute Gasteiger partial charge is 0.494 e. The van der Waals surface area contributed by atoms with E-state index in [1.165, 1.54) is 19.3 Å². The Labute approximate surface area is 226 Å². The summed E-state index contributed by atoms with van der Waals surface area (Å²) in [6.07, 6.45) is 6.60. The normalized spacial score (nSPS) is 9.82. The summed E-state index contributed by atoms with van der Waals surface area (Å²) >= 11 is 0. The maximum absolute atomic E-state index is 5.91. The van der Waals surface area contributed by atoms with E-state index in [4.69, 9.17) is 10.5 Å². The summed E-state index contributed by atoms with van der Waals surface area (Å²) in [5, 5.41) is 2.27. The molecule has 0 aliphatic heterocycles. The summed E-state index contributed by atoms with van der Waals surface area (Å²) in [6, 6.07) is 25.8. The van der Waals surface area contributed by atoms with Crippen LogP contribution in [0.4, 0.5) is 5.69 Å². The summed E-state index contributed by atoms with van der Waals surface area (Å²) in [5.74, 6) is 19.5. The van der Waals surface area contributed by atoms with Crippen LogP contribution in [-0.2, 0) is 0 Å². The monoisotopic (exact) mass is 493 g/mol. The summed E-state index contributed by atoms with van der Waals surface area (Å²) in [4.78, 5) is 0. The van der Waals surface area contributed by atoms with Gasteiger partial charge in [0, 0.05) is 27.9 Å². The van der Waals surface area contributed by atoms with Crippen LogP contribution in [0.1, 0.15) is 60.4 Å². The zero-order valence-corrected chi connectivity index (χ0v) is 21.8. The standard InChI is InChI=1S/C36H31NO/c1-3-5-6-9-24-38-36-23-20-33-26-29(15-19-34(33)27-36)10-7-8-11-32-18-14-30(25-31(32)4-2)13-12-28-16-21-35(37)22-17-28/h4,14-23,25-27H,2-3,5-6,9,24,37H2,1H3. The van der Waals surface area contributed by atoms with E-state index >= 15 is 0 Å². The Morgan fingerprint density at radius 2 is 1.39 bits per heavy atom. The number of nitrogen functional groups attached to an aromatic ring is 1. The van der Waals surface area contributed by atoms with Crippen molar-refractivity contribution in [1.82, 2.24) is 0 Å². The number of benzene rings is 4. The smallest absolute Gasteiger partial charge is 0.119 e. The molecule has 2 nitrogen and oxygen atoms in total. The highest BCUT2D eigenvalue weighted by Crippen LogP contribution is 2.22. The molecule has 0 atom stereocenters. The predicted octanol–water partition coefficient (Wildman–Crippen LogP) is 7.83. The lowest BCUT2D eigenvalue weighted by atomic mass is 10.0. The van der Waals surface area contributed by atoms with Crippen LogP contribution in [0.2, 0.25) is 0 Å². The molecule has 2 N–H and O–H groups in total. The fraction of sp³-hybridized carbons (Fsp3) is 0.167. The quantitative estimate of drug-likeness (QED) is 0.162. The Hall–Kier alpha value is -4.84. The molecule has 4 aromatic carbocycles. The van der Waals surface area contributed by atoms with Crippen molar-refractivity contribution in [2.24, 2.45) is 0 Å². The number of unbranched alkanes of at least 4 members (excludes halogenated alkanes) is 3. The third kappa shape index (κ3) is 7.58. The Bertz CT molecular complexity index is 1610. The lowest BCUT2D eigenvalue weighted by Crippen LogP contribution is -1.97. The van der Waals surface area contributed by atoms with Crippen molar-refractivity contribution >= 4 is 22.5 Å². The maximum Gasteiger partial charge on any atom is 0.119 e. The topological polar surface area (TPSA) is 35.2 Å². The van der Waals surface area contributed by atoms with Crippen LogP contribution >= 0.6 is 0 Å². The first-order valence-electron chi connectivity index (χ1n) is 13.0. The van der Waals surface area contributed by atoms with Gasteiger partial charge in [0.05, 0.1) is 6.61 Å². The highest BCUT2D eigenvalue weighted by Gasteiger charge is 2.00. The van der Waals surface area contributed by atoms with Crippen molar-refractivity contribution in [3.8, 4) is 41.3 Å². The third-order valence-corrected chi connectivity index (χ3v) is 6.08. The van der Waals surface area contributed by atoms with E-state index < -0.39 is 0 Å². The average Bonchev–Trinajstić information content (AvgIpc) is 2.95. The summed E-state index contributed by atoms with van der Waals surface area (Å²) in [7, 11) is 0. The van der Waals surface area contributed by atoms with E-state index in [9.17, 15) is 0 Å². The van der Waals surface area contributed by atoms with Gasteiger partial charge in [-0.25, -0.2) is 0 Å². The molecule has 0 aliphatic carbocycles. The van der Waals surface area contributed by atoms with Crippen LogP contribution in [-0.4, -0.2) is 6.61 Å². The minimum atomic E-state index is 0.726. The summed E-state index contributed by atoms with van der Waals surface area (Å²) in [5.41, 5.74) is 11.0. The van der Waals surface area contributed by atoms with Gasteiger partial charge in [0.25, 0.3) is 0 Å². The number of ether oxygens (including phenoxy) is 1. The molecule has 0 spiro atoms. The average molecular weight is 494 g/mol. The van der Waals surface area contributed by atoms with Gasteiger partial charge in [-0.3, -0.25) is 0 Å². The second-order valence-corrected chi connectivity index (χ2v) is 9.01. The van der Waals surface area contributed by atoms with Crippen LogP contribution in [0.15, 0.2) is 85.4 Å². The van der Waals surface area contributed by atoms with Crippen molar-refractivity contribution in [3.63, 3.8) is 0 Å². The van der Waals surface area contributed by atoms with Gasteiger partial charge < -0.3 is 10.5 Å². The molecule has 38 heavy (non-hydrogen) atoms. The lowest BCUT2D eigenvalue weighted by molar-refractivity contribution is 0.305. The zero-order chi connectivity index (χ0) is 26.6. The third-order valence-electron chi connectivity index (χ3n) is 6.08. The number of nitrogens with two attached hydrogens (primary N) is 1. The van der Waals surface area contributed by atoms with Gasteiger partial charge in [-0.05, 0) is 101 Å². The Kier molecular flexibility index (Phi) is 9.29. The first-order chi connectivity index (χ1) is 18.6. The van der Waals surface area contributed by atoms with E-state index in [-0.39, 0.29) is 0 Å². The Morgan fingerprint density at radius 3 is 2.21 bits per heavy atom. The molecule has 0 fully saturated rings. The molecule has 0 heterocycles. The molecule has 4 aromatic rings. The van der Waals surface area contributed by atoms with Gasteiger partial charge >= 0.3 is 0 Å². The van der Waals surface area contributed by atoms with Crippen molar-refractivity contribution < 1.29 is 4.74 Å². The van der Waals surface area contributed by atoms with E-state index in [2.05, 4.69) is 73.3 Å². The fourth-order valence-electron chi connectivity index (χ4n) is 3.95. The van der Waals surface area contributed by atoms with Crippen molar-refractivity contribution in [3.05, 3.63) is 113 Å². The summed E-state index contributed by atoms with van der Waals surface area (Å²) in [6.45, 7) is 6.91. The zero-order valence-electron chi connectivity index (χ0n) is 21.8. The summed E-state index contributed by atoms with van der Waals surface area (Å²) < 4.78 is 5.91.